The number of rotatable bonds is 2. The lowest BCUT2D eigenvalue weighted by Gasteiger charge is -2.28. The number of benzene rings is 2. The molecule has 1 aliphatic rings. The first-order chi connectivity index (χ1) is 12.1. The lowest BCUT2D eigenvalue weighted by molar-refractivity contribution is 0.579. The van der Waals surface area contributed by atoms with Crippen molar-refractivity contribution in [1.82, 2.24) is 15.3 Å². The number of nitrogens with one attached hydrogen (secondary N) is 1. The predicted octanol–water partition coefficient (Wildman–Crippen LogP) is 3.12. The Morgan fingerprint density at radius 3 is 2.36 bits per heavy atom. The second-order valence-electron chi connectivity index (χ2n) is 5.89. The molecule has 128 valence electrons. The molecule has 4 nitrogen and oxygen atoms in total. The molecule has 0 aliphatic carbocycles. The molecule has 4 rings (SSSR count). The molecule has 0 atom stereocenters. The van der Waals surface area contributed by atoms with Crippen LogP contribution in [-0.4, -0.2) is 36.1 Å². The van der Waals surface area contributed by atoms with Crippen molar-refractivity contribution in [1.29, 1.82) is 0 Å². The molecule has 25 heavy (non-hydrogen) atoms. The van der Waals surface area contributed by atoms with Gasteiger partial charge in [0.15, 0.2) is 0 Å². The minimum absolute atomic E-state index is 0.121. The number of halogens is 3. The molecule has 1 saturated heterocycles. The Hall–Kier alpha value is -2.67. The van der Waals surface area contributed by atoms with Crippen LogP contribution in [0.5, 0.6) is 0 Å². The molecule has 1 aromatic heterocycles. The van der Waals surface area contributed by atoms with Gasteiger partial charge in [0.25, 0.3) is 0 Å². The lowest BCUT2D eigenvalue weighted by atomic mass is 10.1. The van der Waals surface area contributed by atoms with Crippen LogP contribution in [0.3, 0.4) is 0 Å². The van der Waals surface area contributed by atoms with Crippen LogP contribution in [0.25, 0.3) is 22.2 Å². The number of fused-ring (bicyclic) bond motifs is 1. The Bertz CT molecular complexity index is 939. The first-order valence-electron chi connectivity index (χ1n) is 8.00. The van der Waals surface area contributed by atoms with Gasteiger partial charge in [0.1, 0.15) is 17.5 Å². The number of anilines is 1. The van der Waals surface area contributed by atoms with Gasteiger partial charge >= 0.3 is 0 Å². The fraction of sp³-hybridized carbons (Fsp3) is 0.222. The molecule has 2 heterocycles. The van der Waals surface area contributed by atoms with Gasteiger partial charge in [0.2, 0.25) is 5.95 Å². The van der Waals surface area contributed by atoms with E-state index in [4.69, 9.17) is 0 Å². The molecule has 0 radical (unpaired) electrons. The highest BCUT2D eigenvalue weighted by Crippen LogP contribution is 2.31. The van der Waals surface area contributed by atoms with Crippen molar-refractivity contribution < 1.29 is 13.2 Å². The monoisotopic (exact) mass is 344 g/mol. The van der Waals surface area contributed by atoms with E-state index in [9.17, 15) is 13.2 Å². The van der Waals surface area contributed by atoms with E-state index in [0.717, 1.165) is 38.3 Å². The highest BCUT2D eigenvalue weighted by atomic mass is 19.1. The van der Waals surface area contributed by atoms with Gasteiger partial charge < -0.3 is 10.2 Å². The first kappa shape index (κ1) is 15.8. The van der Waals surface area contributed by atoms with Crippen molar-refractivity contribution in [3.05, 3.63) is 53.8 Å². The van der Waals surface area contributed by atoms with Crippen molar-refractivity contribution in [3.63, 3.8) is 0 Å². The largest absolute Gasteiger partial charge is 0.338 e. The van der Waals surface area contributed by atoms with Crippen LogP contribution in [0.4, 0.5) is 19.1 Å². The third-order valence-electron chi connectivity index (χ3n) is 4.23. The van der Waals surface area contributed by atoms with Gasteiger partial charge in [0.05, 0.1) is 11.2 Å². The summed E-state index contributed by atoms with van der Waals surface area (Å²) in [4.78, 5) is 11.0. The topological polar surface area (TPSA) is 41.1 Å². The molecule has 0 spiro atoms. The molecule has 7 heteroatoms. The highest BCUT2D eigenvalue weighted by Gasteiger charge is 2.19. The fourth-order valence-electron chi connectivity index (χ4n) is 2.98. The average molecular weight is 344 g/mol. The average Bonchev–Trinajstić information content (AvgIpc) is 2.62. The Labute approximate surface area is 142 Å². The Morgan fingerprint density at radius 2 is 1.60 bits per heavy atom. The number of piperazine rings is 1. The fourth-order valence-corrected chi connectivity index (χ4v) is 2.98. The van der Waals surface area contributed by atoms with Crippen LogP contribution in [-0.2, 0) is 0 Å². The lowest BCUT2D eigenvalue weighted by Crippen LogP contribution is -2.44. The summed E-state index contributed by atoms with van der Waals surface area (Å²) in [5.41, 5.74) is 0.898. The molecule has 1 fully saturated rings. The van der Waals surface area contributed by atoms with Crippen LogP contribution >= 0.6 is 0 Å². The van der Waals surface area contributed by atoms with Crippen molar-refractivity contribution in [2.75, 3.05) is 31.1 Å². The van der Waals surface area contributed by atoms with Crippen molar-refractivity contribution in [2.24, 2.45) is 0 Å². The van der Waals surface area contributed by atoms with Crippen LogP contribution in [0.2, 0.25) is 0 Å². The summed E-state index contributed by atoms with van der Waals surface area (Å²) < 4.78 is 41.3. The summed E-state index contributed by atoms with van der Waals surface area (Å²) in [5, 5.41) is 3.64. The molecular weight excluding hydrogens is 329 g/mol. The minimum atomic E-state index is -0.740. The Kier molecular flexibility index (Phi) is 4.01. The maximum atomic E-state index is 14.3. The molecule has 0 unspecified atom stereocenters. The Morgan fingerprint density at radius 1 is 0.880 bits per heavy atom. The molecule has 3 aromatic rings. The summed E-state index contributed by atoms with van der Waals surface area (Å²) in [6.07, 6.45) is 0. The maximum Gasteiger partial charge on any atom is 0.226 e. The second-order valence-corrected chi connectivity index (χ2v) is 5.89. The molecule has 0 saturated carbocycles. The SMILES string of the molecule is Fc1ccc(-c2nc(N3CCNCC3)nc3ccc(F)cc23)c(F)c1. The van der Waals surface area contributed by atoms with Gasteiger partial charge in [-0.3, -0.25) is 0 Å². The van der Waals surface area contributed by atoms with E-state index in [1.165, 1.54) is 18.2 Å². The van der Waals surface area contributed by atoms with Crippen LogP contribution in [0.1, 0.15) is 0 Å². The van der Waals surface area contributed by atoms with Gasteiger partial charge in [-0.25, -0.2) is 23.1 Å². The molecular formula is C18H15F3N4. The first-order valence-corrected chi connectivity index (χ1v) is 8.00. The van der Waals surface area contributed by atoms with E-state index < -0.39 is 17.5 Å². The van der Waals surface area contributed by atoms with Gasteiger partial charge in [-0.2, -0.15) is 0 Å². The summed E-state index contributed by atoms with van der Waals surface area (Å²) in [5.74, 6) is -1.42. The standard InChI is InChI=1S/C18H15F3N4/c19-11-2-4-16-14(9-11)17(13-3-1-12(20)10-15(13)21)24-18(23-16)25-7-5-22-6-8-25/h1-4,9-10,22H,5-8H2. The third kappa shape index (κ3) is 3.02. The number of nitrogens with zero attached hydrogens (tertiary/aromatic N) is 3. The number of hydrogen-bond acceptors (Lipinski definition) is 4. The molecule has 0 bridgehead atoms. The highest BCUT2D eigenvalue weighted by molar-refractivity contribution is 5.93. The normalized spacial score (nSPS) is 14.9. The quantitative estimate of drug-likeness (QED) is 0.776. The summed E-state index contributed by atoms with van der Waals surface area (Å²) in [6.45, 7) is 3.03. The number of hydrogen-bond donors (Lipinski definition) is 1. The van der Waals surface area contributed by atoms with Gasteiger partial charge in [-0.15, -0.1) is 0 Å². The van der Waals surface area contributed by atoms with Crippen LogP contribution in [0, 0.1) is 17.5 Å². The zero-order chi connectivity index (χ0) is 17.4. The van der Waals surface area contributed by atoms with Crippen molar-refractivity contribution in [2.45, 2.75) is 0 Å². The molecule has 1 N–H and O–H groups in total. The van der Waals surface area contributed by atoms with Gasteiger partial charge in [0, 0.05) is 43.2 Å². The second kappa shape index (κ2) is 6.33. The minimum Gasteiger partial charge on any atom is -0.338 e. The maximum absolute atomic E-state index is 14.3. The van der Waals surface area contributed by atoms with Crippen molar-refractivity contribution in [3.8, 4) is 11.3 Å². The zero-order valence-electron chi connectivity index (χ0n) is 13.3. The predicted molar refractivity (Wildman–Crippen MR) is 89.9 cm³/mol. The summed E-state index contributed by atoms with van der Waals surface area (Å²) >= 11 is 0. The zero-order valence-corrected chi connectivity index (χ0v) is 13.3. The van der Waals surface area contributed by atoms with E-state index in [0.29, 0.717) is 16.9 Å². The summed E-state index contributed by atoms with van der Waals surface area (Å²) in [7, 11) is 0. The Balaban J connectivity index is 1.94. The van der Waals surface area contributed by atoms with E-state index >= 15 is 0 Å². The van der Waals surface area contributed by atoms with E-state index in [2.05, 4.69) is 15.3 Å². The smallest absolute Gasteiger partial charge is 0.226 e. The van der Waals surface area contributed by atoms with E-state index in [1.807, 2.05) is 4.90 Å². The van der Waals surface area contributed by atoms with Crippen LogP contribution < -0.4 is 10.2 Å². The van der Waals surface area contributed by atoms with Crippen molar-refractivity contribution >= 4 is 16.9 Å². The van der Waals surface area contributed by atoms with E-state index in [1.54, 1.807) is 6.07 Å². The van der Waals surface area contributed by atoms with Crippen LogP contribution in [0.15, 0.2) is 36.4 Å². The van der Waals surface area contributed by atoms with Gasteiger partial charge in [-0.1, -0.05) is 0 Å². The molecule has 1 aliphatic heterocycles. The van der Waals surface area contributed by atoms with Gasteiger partial charge in [-0.05, 0) is 30.3 Å². The third-order valence-corrected chi connectivity index (χ3v) is 4.23. The molecule has 2 aromatic carbocycles. The number of aromatic nitrogens is 2. The molecule has 0 amide bonds. The van der Waals surface area contributed by atoms with E-state index in [-0.39, 0.29) is 11.3 Å². The summed E-state index contributed by atoms with van der Waals surface area (Å²) in [6, 6.07) is 7.40.